The Balaban J connectivity index is 1.90. The van der Waals surface area contributed by atoms with Crippen molar-refractivity contribution in [3.8, 4) is 0 Å². The highest BCUT2D eigenvalue weighted by molar-refractivity contribution is 5.96. The van der Waals surface area contributed by atoms with Gasteiger partial charge in [-0.3, -0.25) is 4.79 Å². The quantitative estimate of drug-likeness (QED) is 0.893. The van der Waals surface area contributed by atoms with Crippen molar-refractivity contribution in [2.75, 3.05) is 0 Å². The number of carbonyl (C=O) groups excluding carboxylic acids is 1. The monoisotopic (exact) mass is 326 g/mol. The van der Waals surface area contributed by atoms with Crippen LogP contribution in [0.1, 0.15) is 85.4 Å². The normalized spacial score (nSPS) is 19.2. The number of hydrogen-bond donors (Lipinski definition) is 1. The highest BCUT2D eigenvalue weighted by atomic mass is 16.5. The van der Waals surface area contributed by atoms with Crippen LogP contribution in [0.25, 0.3) is 0 Å². The summed E-state index contributed by atoms with van der Waals surface area (Å²) in [6.45, 7) is 10.4. The maximum atomic E-state index is 12.9. The van der Waals surface area contributed by atoms with Crippen LogP contribution in [-0.2, 0) is 5.41 Å². The molecule has 2 aromatic rings. The minimum absolute atomic E-state index is 0.0380. The molecule has 4 heteroatoms. The molecule has 3 rings (SSSR count). The van der Waals surface area contributed by atoms with E-state index >= 15 is 0 Å². The average Bonchev–Trinajstić information content (AvgIpc) is 2.92. The fourth-order valence-corrected chi connectivity index (χ4v) is 3.65. The summed E-state index contributed by atoms with van der Waals surface area (Å²) in [5.74, 6) is 0.705. The van der Waals surface area contributed by atoms with Gasteiger partial charge in [0, 0.05) is 5.92 Å². The Hall–Kier alpha value is -2.10. The molecule has 1 amide bonds. The SMILES string of the molecule is Cc1noc(C(C)C)c1C(=O)N[C@H]1CCC(C)(C)c2ccccc21. The first kappa shape index (κ1) is 16.7. The number of aromatic nitrogens is 1. The van der Waals surface area contributed by atoms with Gasteiger partial charge in [-0.2, -0.15) is 0 Å². The molecule has 0 radical (unpaired) electrons. The zero-order chi connectivity index (χ0) is 17.5. The Morgan fingerprint density at radius 3 is 2.75 bits per heavy atom. The first-order valence-electron chi connectivity index (χ1n) is 8.67. The van der Waals surface area contributed by atoms with Gasteiger partial charge in [0.2, 0.25) is 0 Å². The first-order valence-corrected chi connectivity index (χ1v) is 8.67. The van der Waals surface area contributed by atoms with Crippen LogP contribution < -0.4 is 5.32 Å². The molecule has 0 bridgehead atoms. The van der Waals surface area contributed by atoms with Crippen LogP contribution in [0.3, 0.4) is 0 Å². The summed E-state index contributed by atoms with van der Waals surface area (Å²) in [4.78, 5) is 12.9. The highest BCUT2D eigenvalue weighted by Gasteiger charge is 2.34. The maximum absolute atomic E-state index is 12.9. The zero-order valence-corrected chi connectivity index (χ0v) is 15.1. The van der Waals surface area contributed by atoms with Gasteiger partial charge in [0.05, 0.1) is 11.7 Å². The molecule has 0 spiro atoms. The van der Waals surface area contributed by atoms with E-state index in [1.807, 2.05) is 26.8 Å². The van der Waals surface area contributed by atoms with Crippen molar-refractivity contribution in [3.63, 3.8) is 0 Å². The fraction of sp³-hybridized carbons (Fsp3) is 0.500. The molecule has 1 atom stereocenters. The molecule has 1 aromatic heterocycles. The van der Waals surface area contributed by atoms with Crippen molar-refractivity contribution in [2.24, 2.45) is 0 Å². The van der Waals surface area contributed by atoms with Crippen molar-refractivity contribution in [2.45, 2.75) is 64.8 Å². The van der Waals surface area contributed by atoms with E-state index in [9.17, 15) is 4.79 Å². The molecular weight excluding hydrogens is 300 g/mol. The van der Waals surface area contributed by atoms with Crippen molar-refractivity contribution >= 4 is 5.91 Å². The molecule has 0 aliphatic heterocycles. The predicted octanol–water partition coefficient (Wildman–Crippen LogP) is 4.65. The van der Waals surface area contributed by atoms with Gasteiger partial charge in [0.1, 0.15) is 5.56 Å². The highest BCUT2D eigenvalue weighted by Crippen LogP contribution is 2.41. The molecule has 128 valence electrons. The minimum atomic E-state index is -0.0861. The van der Waals surface area contributed by atoms with Crippen LogP contribution in [-0.4, -0.2) is 11.1 Å². The topological polar surface area (TPSA) is 55.1 Å². The van der Waals surface area contributed by atoms with Gasteiger partial charge in [0.15, 0.2) is 5.76 Å². The maximum Gasteiger partial charge on any atom is 0.257 e. The number of benzene rings is 1. The number of nitrogens with zero attached hydrogens (tertiary/aromatic N) is 1. The second kappa shape index (κ2) is 6.08. The zero-order valence-electron chi connectivity index (χ0n) is 15.1. The number of aryl methyl sites for hydroxylation is 1. The second-order valence-corrected chi connectivity index (χ2v) is 7.70. The molecule has 1 aliphatic rings. The lowest BCUT2D eigenvalue weighted by molar-refractivity contribution is 0.0926. The Bertz CT molecular complexity index is 759. The summed E-state index contributed by atoms with van der Waals surface area (Å²) in [5, 5.41) is 7.20. The van der Waals surface area contributed by atoms with E-state index in [1.165, 1.54) is 11.1 Å². The lowest BCUT2D eigenvalue weighted by atomic mass is 9.71. The molecule has 24 heavy (non-hydrogen) atoms. The van der Waals surface area contributed by atoms with E-state index < -0.39 is 0 Å². The summed E-state index contributed by atoms with van der Waals surface area (Å²) >= 11 is 0. The minimum Gasteiger partial charge on any atom is -0.360 e. The number of fused-ring (bicyclic) bond motifs is 1. The summed E-state index contributed by atoms with van der Waals surface area (Å²) in [5.41, 5.74) is 3.94. The van der Waals surface area contributed by atoms with Gasteiger partial charge >= 0.3 is 0 Å². The van der Waals surface area contributed by atoms with E-state index in [-0.39, 0.29) is 23.3 Å². The standard InChI is InChI=1S/C20H26N2O2/c1-12(2)18-17(13(3)22-24-18)19(23)21-16-10-11-20(4,5)15-9-7-6-8-14(15)16/h6-9,12,16H,10-11H2,1-5H3,(H,21,23)/t16-/m0/s1. The van der Waals surface area contributed by atoms with Crippen LogP contribution in [0.5, 0.6) is 0 Å². The van der Waals surface area contributed by atoms with Crippen molar-refractivity contribution in [3.05, 3.63) is 52.4 Å². The summed E-state index contributed by atoms with van der Waals surface area (Å²) in [7, 11) is 0. The predicted molar refractivity (Wildman–Crippen MR) is 94.2 cm³/mol. The number of amides is 1. The van der Waals surface area contributed by atoms with Crippen LogP contribution >= 0.6 is 0 Å². The van der Waals surface area contributed by atoms with E-state index in [0.29, 0.717) is 17.0 Å². The van der Waals surface area contributed by atoms with Crippen molar-refractivity contribution in [1.82, 2.24) is 10.5 Å². The molecule has 1 N–H and O–H groups in total. The number of hydrogen-bond acceptors (Lipinski definition) is 3. The number of carbonyl (C=O) groups is 1. The van der Waals surface area contributed by atoms with Crippen LogP contribution in [0.4, 0.5) is 0 Å². The largest absolute Gasteiger partial charge is 0.360 e. The third kappa shape index (κ3) is 2.85. The lowest BCUT2D eigenvalue weighted by Gasteiger charge is -2.37. The van der Waals surface area contributed by atoms with Gasteiger partial charge in [-0.25, -0.2) is 0 Å². The average molecular weight is 326 g/mol. The lowest BCUT2D eigenvalue weighted by Crippen LogP contribution is -2.36. The summed E-state index contributed by atoms with van der Waals surface area (Å²) < 4.78 is 5.36. The van der Waals surface area contributed by atoms with E-state index in [1.54, 1.807) is 0 Å². The van der Waals surface area contributed by atoms with E-state index in [0.717, 1.165) is 12.8 Å². The molecule has 1 heterocycles. The molecule has 1 aromatic carbocycles. The van der Waals surface area contributed by atoms with E-state index in [2.05, 4.69) is 42.5 Å². The molecule has 0 unspecified atom stereocenters. The van der Waals surface area contributed by atoms with Crippen LogP contribution in [0.15, 0.2) is 28.8 Å². The molecular formula is C20H26N2O2. The summed E-state index contributed by atoms with van der Waals surface area (Å²) in [6, 6.07) is 8.47. The van der Waals surface area contributed by atoms with E-state index in [4.69, 9.17) is 4.52 Å². The van der Waals surface area contributed by atoms with Crippen LogP contribution in [0.2, 0.25) is 0 Å². The second-order valence-electron chi connectivity index (χ2n) is 7.70. The molecule has 0 saturated heterocycles. The number of rotatable bonds is 3. The number of nitrogens with one attached hydrogen (secondary N) is 1. The third-order valence-electron chi connectivity index (χ3n) is 5.07. The molecule has 1 aliphatic carbocycles. The van der Waals surface area contributed by atoms with Gasteiger partial charge in [-0.05, 0) is 36.3 Å². The Morgan fingerprint density at radius 1 is 1.33 bits per heavy atom. The van der Waals surface area contributed by atoms with Crippen molar-refractivity contribution < 1.29 is 9.32 Å². The Labute approximate surface area is 143 Å². The fourth-order valence-electron chi connectivity index (χ4n) is 3.65. The van der Waals surface area contributed by atoms with Gasteiger partial charge in [0.25, 0.3) is 5.91 Å². The van der Waals surface area contributed by atoms with Crippen LogP contribution in [0, 0.1) is 6.92 Å². The van der Waals surface area contributed by atoms with Gasteiger partial charge < -0.3 is 9.84 Å². The van der Waals surface area contributed by atoms with Gasteiger partial charge in [-0.1, -0.05) is 57.1 Å². The Morgan fingerprint density at radius 2 is 2.04 bits per heavy atom. The Kier molecular flexibility index (Phi) is 4.24. The van der Waals surface area contributed by atoms with Gasteiger partial charge in [-0.15, -0.1) is 0 Å². The molecule has 4 nitrogen and oxygen atoms in total. The van der Waals surface area contributed by atoms with Crippen molar-refractivity contribution in [1.29, 1.82) is 0 Å². The third-order valence-corrected chi connectivity index (χ3v) is 5.07. The smallest absolute Gasteiger partial charge is 0.257 e. The molecule has 0 fully saturated rings. The summed E-state index contributed by atoms with van der Waals surface area (Å²) in [6.07, 6.45) is 1.99. The molecule has 0 saturated carbocycles. The first-order chi connectivity index (χ1) is 11.3.